The summed E-state index contributed by atoms with van der Waals surface area (Å²) in [5.74, 6) is 0.776. The predicted octanol–water partition coefficient (Wildman–Crippen LogP) is 6.44. The normalized spacial score (nSPS) is 17.4. The quantitative estimate of drug-likeness (QED) is 0.489. The largest absolute Gasteiger partial charge is 0.453 e. The van der Waals surface area contributed by atoms with E-state index in [4.69, 9.17) is 9.47 Å². The average Bonchev–Trinajstić information content (AvgIpc) is 2.56. The molecule has 0 fully saturated rings. The predicted molar refractivity (Wildman–Crippen MR) is 111 cm³/mol. The summed E-state index contributed by atoms with van der Waals surface area (Å²) in [5, 5.41) is 0. The summed E-state index contributed by atoms with van der Waals surface area (Å²) < 4.78 is 12.8. The van der Waals surface area contributed by atoms with Gasteiger partial charge in [0.25, 0.3) is 0 Å². The Kier molecular flexibility index (Phi) is 6.62. The van der Waals surface area contributed by atoms with Crippen molar-refractivity contribution in [1.29, 1.82) is 0 Å². The van der Waals surface area contributed by atoms with Gasteiger partial charge in [-0.3, -0.25) is 4.99 Å². The van der Waals surface area contributed by atoms with Crippen molar-refractivity contribution in [2.24, 2.45) is 4.99 Å². The van der Waals surface area contributed by atoms with Crippen molar-refractivity contribution < 1.29 is 9.47 Å². The van der Waals surface area contributed by atoms with Gasteiger partial charge in [-0.2, -0.15) is 0 Å². The first-order valence-corrected chi connectivity index (χ1v) is 8.46. The average molecular weight is 465 g/mol. The van der Waals surface area contributed by atoms with Gasteiger partial charge in [0.1, 0.15) is 11.5 Å². The molecule has 0 atom stereocenters. The van der Waals surface area contributed by atoms with Crippen LogP contribution >= 0.6 is 32.9 Å². The van der Waals surface area contributed by atoms with Crippen LogP contribution in [0.15, 0.2) is 82.0 Å². The fraction of sp³-hybridized carbons (Fsp3) is 0.150. The van der Waals surface area contributed by atoms with Gasteiger partial charge in [-0.15, -0.1) is 17.0 Å². The molecule has 2 aromatic rings. The topological polar surface area (TPSA) is 30.8 Å². The van der Waals surface area contributed by atoms with E-state index in [-0.39, 0.29) is 17.0 Å². The maximum Gasteiger partial charge on any atom is 0.245 e. The summed E-state index contributed by atoms with van der Waals surface area (Å²) in [6.45, 7) is 3.78. The minimum Gasteiger partial charge on any atom is -0.453 e. The van der Waals surface area contributed by atoms with Crippen LogP contribution in [0, 0.1) is 0 Å². The number of ether oxygens (including phenoxy) is 2. The Balaban J connectivity index is 0.00000225. The fourth-order valence-corrected chi connectivity index (χ4v) is 2.57. The zero-order chi connectivity index (χ0) is 17.0. The standard InChI is InChI=1S/C20H18BrNO2.BrH/c1-20(2)23-18(12-13-22-17-10-8-16(21)9-11-17)14-19(24-20)15-6-4-3-5-7-15;/h3-14H,1-2H3;1H/b18-12-,22-13?;. The molecule has 0 saturated heterocycles. The Morgan fingerprint density at radius 3 is 2.32 bits per heavy atom. The van der Waals surface area contributed by atoms with E-state index in [1.54, 1.807) is 6.21 Å². The van der Waals surface area contributed by atoms with Crippen molar-refractivity contribution >= 4 is 50.6 Å². The van der Waals surface area contributed by atoms with E-state index < -0.39 is 5.79 Å². The van der Waals surface area contributed by atoms with Crippen LogP contribution in [-0.4, -0.2) is 12.0 Å². The van der Waals surface area contributed by atoms with Crippen LogP contribution in [0.1, 0.15) is 19.4 Å². The van der Waals surface area contributed by atoms with Gasteiger partial charge in [0, 0.05) is 36.2 Å². The number of aliphatic imine (C=N–C) groups is 1. The molecule has 0 spiro atoms. The van der Waals surface area contributed by atoms with Crippen LogP contribution < -0.4 is 0 Å². The molecule has 0 radical (unpaired) electrons. The number of allylic oxidation sites excluding steroid dienone is 2. The van der Waals surface area contributed by atoms with E-state index in [1.165, 1.54) is 0 Å². The zero-order valence-corrected chi connectivity index (χ0v) is 17.3. The van der Waals surface area contributed by atoms with Gasteiger partial charge < -0.3 is 9.47 Å². The summed E-state index contributed by atoms with van der Waals surface area (Å²) in [6.07, 6.45) is 5.46. The van der Waals surface area contributed by atoms with E-state index in [0.29, 0.717) is 5.76 Å². The van der Waals surface area contributed by atoms with Crippen molar-refractivity contribution in [2.75, 3.05) is 0 Å². The summed E-state index contributed by atoms with van der Waals surface area (Å²) >= 11 is 3.41. The Labute approximate surface area is 167 Å². The molecule has 0 unspecified atom stereocenters. The van der Waals surface area contributed by atoms with E-state index in [9.17, 15) is 0 Å². The van der Waals surface area contributed by atoms with E-state index in [1.807, 2.05) is 80.6 Å². The van der Waals surface area contributed by atoms with Crippen molar-refractivity contribution in [3.05, 3.63) is 82.5 Å². The van der Waals surface area contributed by atoms with Crippen molar-refractivity contribution in [3.8, 4) is 0 Å². The van der Waals surface area contributed by atoms with Gasteiger partial charge in [-0.25, -0.2) is 0 Å². The van der Waals surface area contributed by atoms with Crippen LogP contribution in [0.25, 0.3) is 5.76 Å². The number of halogens is 2. The Bertz CT molecular complexity index is 794. The third kappa shape index (κ3) is 5.58. The van der Waals surface area contributed by atoms with Crippen molar-refractivity contribution in [2.45, 2.75) is 19.6 Å². The van der Waals surface area contributed by atoms with Crippen LogP contribution in [0.2, 0.25) is 0 Å². The first-order valence-electron chi connectivity index (χ1n) is 7.67. The van der Waals surface area contributed by atoms with Gasteiger partial charge >= 0.3 is 0 Å². The molecule has 0 amide bonds. The van der Waals surface area contributed by atoms with Gasteiger partial charge in [0.2, 0.25) is 5.79 Å². The molecule has 0 N–H and O–H groups in total. The lowest BCUT2D eigenvalue weighted by molar-refractivity contribution is -0.149. The highest BCUT2D eigenvalue weighted by Crippen LogP contribution is 2.32. The molecule has 130 valence electrons. The number of hydrogen-bond acceptors (Lipinski definition) is 3. The number of rotatable bonds is 3. The molecular weight excluding hydrogens is 446 g/mol. The molecule has 0 saturated carbocycles. The summed E-state index contributed by atoms with van der Waals surface area (Å²) in [7, 11) is 0. The molecule has 1 aliphatic rings. The lowest BCUT2D eigenvalue weighted by atomic mass is 10.1. The maximum atomic E-state index is 5.92. The molecule has 5 heteroatoms. The number of benzene rings is 2. The molecule has 1 aliphatic heterocycles. The van der Waals surface area contributed by atoms with Crippen LogP contribution in [0.4, 0.5) is 5.69 Å². The number of nitrogens with zero attached hydrogens (tertiary/aromatic N) is 1. The molecule has 25 heavy (non-hydrogen) atoms. The zero-order valence-electron chi connectivity index (χ0n) is 14.0. The van der Waals surface area contributed by atoms with Gasteiger partial charge in [-0.1, -0.05) is 46.3 Å². The Hall–Kier alpha value is -1.85. The SMILES string of the molecule is Br.CC1(C)OC(c2ccccc2)=C/C(=C/C=Nc2ccc(Br)cc2)O1. The first kappa shape index (κ1) is 19.5. The Morgan fingerprint density at radius 1 is 0.960 bits per heavy atom. The van der Waals surface area contributed by atoms with Crippen LogP contribution in [0.5, 0.6) is 0 Å². The lowest BCUT2D eigenvalue weighted by Crippen LogP contribution is -2.30. The maximum absolute atomic E-state index is 5.92. The molecular formula is C20H19Br2NO2. The second-order valence-electron chi connectivity index (χ2n) is 5.80. The molecule has 3 rings (SSSR count). The third-order valence-corrected chi connectivity index (χ3v) is 3.87. The molecule has 0 aromatic heterocycles. The molecule has 0 aliphatic carbocycles. The van der Waals surface area contributed by atoms with Crippen LogP contribution in [0.3, 0.4) is 0 Å². The minimum atomic E-state index is -0.725. The van der Waals surface area contributed by atoms with Crippen molar-refractivity contribution in [3.63, 3.8) is 0 Å². The molecule has 2 aromatic carbocycles. The lowest BCUT2D eigenvalue weighted by Gasteiger charge is -2.33. The smallest absolute Gasteiger partial charge is 0.245 e. The van der Waals surface area contributed by atoms with Gasteiger partial charge in [0.15, 0.2) is 0 Å². The second-order valence-corrected chi connectivity index (χ2v) is 6.72. The Morgan fingerprint density at radius 2 is 1.64 bits per heavy atom. The van der Waals surface area contributed by atoms with E-state index in [0.717, 1.165) is 21.5 Å². The number of hydrogen-bond donors (Lipinski definition) is 0. The minimum absolute atomic E-state index is 0. The van der Waals surface area contributed by atoms with Crippen LogP contribution in [-0.2, 0) is 9.47 Å². The molecule has 1 heterocycles. The molecule has 3 nitrogen and oxygen atoms in total. The highest BCUT2D eigenvalue weighted by Gasteiger charge is 2.28. The summed E-state index contributed by atoms with van der Waals surface area (Å²) in [5.41, 5.74) is 1.90. The highest BCUT2D eigenvalue weighted by molar-refractivity contribution is 9.10. The van der Waals surface area contributed by atoms with Crippen molar-refractivity contribution in [1.82, 2.24) is 0 Å². The van der Waals surface area contributed by atoms with E-state index >= 15 is 0 Å². The first-order chi connectivity index (χ1) is 11.5. The highest BCUT2D eigenvalue weighted by atomic mass is 79.9. The summed E-state index contributed by atoms with van der Waals surface area (Å²) in [6, 6.07) is 17.8. The second kappa shape index (κ2) is 8.50. The van der Waals surface area contributed by atoms with Gasteiger partial charge in [-0.05, 0) is 30.3 Å². The third-order valence-electron chi connectivity index (χ3n) is 3.34. The fourth-order valence-electron chi connectivity index (χ4n) is 2.31. The van der Waals surface area contributed by atoms with E-state index in [2.05, 4.69) is 20.9 Å². The summed E-state index contributed by atoms with van der Waals surface area (Å²) in [4.78, 5) is 4.41. The van der Waals surface area contributed by atoms with Gasteiger partial charge in [0.05, 0.1) is 5.69 Å². The monoisotopic (exact) mass is 463 g/mol. The molecule has 0 bridgehead atoms.